The molecule has 2 N–H and O–H groups in total. The minimum Gasteiger partial charge on any atom is -0.494 e. The van der Waals surface area contributed by atoms with Crippen molar-refractivity contribution in [2.24, 2.45) is 5.92 Å². The first kappa shape index (κ1) is 15.5. The molecule has 0 saturated heterocycles. The molecular formula is C15H23NO3. The van der Waals surface area contributed by atoms with Crippen LogP contribution < -0.4 is 10.1 Å². The second-order valence-corrected chi connectivity index (χ2v) is 4.69. The highest BCUT2D eigenvalue weighted by atomic mass is 16.5. The summed E-state index contributed by atoms with van der Waals surface area (Å²) in [5.41, 5.74) is 0. The maximum atomic E-state index is 11.5. The summed E-state index contributed by atoms with van der Waals surface area (Å²) in [5, 5.41) is 11.6. The Morgan fingerprint density at radius 1 is 1.37 bits per heavy atom. The molecule has 0 aliphatic rings. The number of carbonyl (C=O) groups excluding carboxylic acids is 1. The van der Waals surface area contributed by atoms with E-state index in [0.717, 1.165) is 12.2 Å². The van der Waals surface area contributed by atoms with E-state index < -0.39 is 0 Å². The number of aliphatic hydroxyl groups excluding tert-OH is 1. The lowest BCUT2D eigenvalue weighted by atomic mass is 10.1. The summed E-state index contributed by atoms with van der Waals surface area (Å²) in [6.45, 7) is 3.35. The standard InChI is InChI=1S/C15H23NO3/c1-13(9-10-17)12-16-15(18)8-5-11-19-14-6-3-2-4-7-14/h2-4,6-7,13,17H,5,8-12H2,1H3,(H,16,18). The Morgan fingerprint density at radius 3 is 2.79 bits per heavy atom. The lowest BCUT2D eigenvalue weighted by Gasteiger charge is -2.11. The Balaban J connectivity index is 2.04. The van der Waals surface area contributed by atoms with Crippen LogP contribution in [0.5, 0.6) is 5.75 Å². The molecule has 1 atom stereocenters. The van der Waals surface area contributed by atoms with Crippen molar-refractivity contribution < 1.29 is 14.6 Å². The summed E-state index contributed by atoms with van der Waals surface area (Å²) >= 11 is 0. The van der Waals surface area contributed by atoms with Gasteiger partial charge in [0.2, 0.25) is 5.91 Å². The number of nitrogens with one attached hydrogen (secondary N) is 1. The lowest BCUT2D eigenvalue weighted by molar-refractivity contribution is -0.121. The number of amides is 1. The van der Waals surface area contributed by atoms with Crippen molar-refractivity contribution in [1.82, 2.24) is 5.32 Å². The zero-order valence-electron chi connectivity index (χ0n) is 11.5. The first-order valence-electron chi connectivity index (χ1n) is 6.77. The van der Waals surface area contributed by atoms with E-state index in [2.05, 4.69) is 5.32 Å². The second-order valence-electron chi connectivity index (χ2n) is 4.69. The highest BCUT2D eigenvalue weighted by molar-refractivity contribution is 5.75. The molecule has 0 aromatic heterocycles. The summed E-state index contributed by atoms with van der Waals surface area (Å²) in [4.78, 5) is 11.5. The maximum absolute atomic E-state index is 11.5. The Kier molecular flexibility index (Phi) is 7.66. The number of aliphatic hydroxyl groups is 1. The first-order chi connectivity index (χ1) is 9.22. The van der Waals surface area contributed by atoms with Gasteiger partial charge in [-0.25, -0.2) is 0 Å². The predicted molar refractivity (Wildman–Crippen MR) is 75.0 cm³/mol. The fourth-order valence-corrected chi connectivity index (χ4v) is 1.64. The van der Waals surface area contributed by atoms with Crippen LogP contribution in [0.4, 0.5) is 0 Å². The number of hydrogen-bond donors (Lipinski definition) is 2. The first-order valence-corrected chi connectivity index (χ1v) is 6.77. The number of benzene rings is 1. The molecule has 0 spiro atoms. The van der Waals surface area contributed by atoms with Crippen LogP contribution in [0.2, 0.25) is 0 Å². The number of ether oxygens (including phenoxy) is 1. The third-order valence-electron chi connectivity index (χ3n) is 2.83. The van der Waals surface area contributed by atoms with Crippen molar-refractivity contribution >= 4 is 5.91 Å². The number of hydrogen-bond acceptors (Lipinski definition) is 3. The average Bonchev–Trinajstić information content (AvgIpc) is 2.43. The second kappa shape index (κ2) is 9.39. The van der Waals surface area contributed by atoms with Gasteiger partial charge in [-0.2, -0.15) is 0 Å². The molecule has 4 nitrogen and oxygen atoms in total. The van der Waals surface area contributed by atoms with Gasteiger partial charge in [0, 0.05) is 19.6 Å². The number of carbonyl (C=O) groups is 1. The third kappa shape index (κ3) is 7.47. The van der Waals surface area contributed by atoms with E-state index in [4.69, 9.17) is 9.84 Å². The Labute approximate surface area is 114 Å². The molecule has 0 fully saturated rings. The number of rotatable bonds is 9. The summed E-state index contributed by atoms with van der Waals surface area (Å²) in [5.74, 6) is 1.19. The van der Waals surface area contributed by atoms with Crippen LogP contribution in [0, 0.1) is 5.92 Å². The molecule has 1 aromatic carbocycles. The molecule has 0 aliphatic heterocycles. The minimum atomic E-state index is 0.0430. The van der Waals surface area contributed by atoms with Crippen LogP contribution in [0.3, 0.4) is 0 Å². The normalized spacial score (nSPS) is 11.9. The molecule has 1 unspecified atom stereocenters. The van der Waals surface area contributed by atoms with Gasteiger partial charge in [0.25, 0.3) is 0 Å². The monoisotopic (exact) mass is 265 g/mol. The lowest BCUT2D eigenvalue weighted by Crippen LogP contribution is -2.28. The van der Waals surface area contributed by atoms with Gasteiger partial charge < -0.3 is 15.2 Å². The molecule has 1 rings (SSSR count). The maximum Gasteiger partial charge on any atom is 0.220 e. The van der Waals surface area contributed by atoms with Crippen LogP contribution in [0.15, 0.2) is 30.3 Å². The van der Waals surface area contributed by atoms with Gasteiger partial charge in [-0.3, -0.25) is 4.79 Å². The van der Waals surface area contributed by atoms with Gasteiger partial charge in [0.1, 0.15) is 5.75 Å². The fraction of sp³-hybridized carbons (Fsp3) is 0.533. The molecule has 0 bridgehead atoms. The van der Waals surface area contributed by atoms with Crippen LogP contribution in [-0.4, -0.2) is 30.8 Å². The average molecular weight is 265 g/mol. The van der Waals surface area contributed by atoms with Crippen LogP contribution in [-0.2, 0) is 4.79 Å². The van der Waals surface area contributed by atoms with Crippen LogP contribution in [0.25, 0.3) is 0 Å². The molecule has 0 aliphatic carbocycles. The zero-order chi connectivity index (χ0) is 13.9. The van der Waals surface area contributed by atoms with Gasteiger partial charge in [0.15, 0.2) is 0 Å². The highest BCUT2D eigenvalue weighted by Crippen LogP contribution is 2.08. The summed E-state index contributed by atoms with van der Waals surface area (Å²) < 4.78 is 5.51. The molecule has 1 amide bonds. The minimum absolute atomic E-state index is 0.0430. The van der Waals surface area contributed by atoms with E-state index in [1.807, 2.05) is 37.3 Å². The van der Waals surface area contributed by atoms with Crippen molar-refractivity contribution in [3.05, 3.63) is 30.3 Å². The van der Waals surface area contributed by atoms with Gasteiger partial charge in [-0.1, -0.05) is 25.1 Å². The quantitative estimate of drug-likeness (QED) is 0.671. The van der Waals surface area contributed by atoms with E-state index in [-0.39, 0.29) is 12.5 Å². The zero-order valence-corrected chi connectivity index (χ0v) is 11.5. The van der Waals surface area contributed by atoms with Crippen molar-refractivity contribution in [1.29, 1.82) is 0 Å². The Hall–Kier alpha value is -1.55. The molecule has 0 radical (unpaired) electrons. The number of para-hydroxylation sites is 1. The highest BCUT2D eigenvalue weighted by Gasteiger charge is 2.05. The molecule has 0 saturated carbocycles. The molecule has 106 valence electrons. The van der Waals surface area contributed by atoms with E-state index in [1.54, 1.807) is 0 Å². The molecule has 4 heteroatoms. The van der Waals surface area contributed by atoms with Crippen molar-refractivity contribution in [3.63, 3.8) is 0 Å². The Bertz CT molecular complexity index is 354. The molecule has 0 heterocycles. The largest absolute Gasteiger partial charge is 0.494 e. The predicted octanol–water partition coefficient (Wildman–Crippen LogP) is 1.98. The van der Waals surface area contributed by atoms with E-state index in [0.29, 0.717) is 31.9 Å². The van der Waals surface area contributed by atoms with Gasteiger partial charge in [0.05, 0.1) is 6.61 Å². The van der Waals surface area contributed by atoms with Gasteiger partial charge >= 0.3 is 0 Å². The van der Waals surface area contributed by atoms with Gasteiger partial charge in [-0.15, -0.1) is 0 Å². The topological polar surface area (TPSA) is 58.6 Å². The van der Waals surface area contributed by atoms with Crippen molar-refractivity contribution in [3.8, 4) is 5.75 Å². The fourth-order valence-electron chi connectivity index (χ4n) is 1.64. The van der Waals surface area contributed by atoms with Crippen LogP contribution >= 0.6 is 0 Å². The molecule has 19 heavy (non-hydrogen) atoms. The summed E-state index contributed by atoms with van der Waals surface area (Å²) in [7, 11) is 0. The van der Waals surface area contributed by atoms with E-state index in [9.17, 15) is 4.79 Å². The van der Waals surface area contributed by atoms with E-state index in [1.165, 1.54) is 0 Å². The Morgan fingerprint density at radius 2 is 2.11 bits per heavy atom. The smallest absolute Gasteiger partial charge is 0.220 e. The molecular weight excluding hydrogens is 242 g/mol. The van der Waals surface area contributed by atoms with Crippen molar-refractivity contribution in [2.75, 3.05) is 19.8 Å². The van der Waals surface area contributed by atoms with Crippen LogP contribution in [0.1, 0.15) is 26.2 Å². The SMILES string of the molecule is CC(CCO)CNC(=O)CCCOc1ccccc1. The third-order valence-corrected chi connectivity index (χ3v) is 2.83. The van der Waals surface area contributed by atoms with Gasteiger partial charge in [-0.05, 0) is 30.9 Å². The summed E-state index contributed by atoms with van der Waals surface area (Å²) in [6.07, 6.45) is 1.89. The van der Waals surface area contributed by atoms with E-state index >= 15 is 0 Å². The van der Waals surface area contributed by atoms with Crippen molar-refractivity contribution in [2.45, 2.75) is 26.2 Å². The molecule has 1 aromatic rings. The summed E-state index contributed by atoms with van der Waals surface area (Å²) in [6, 6.07) is 9.58.